The molecule has 3 heteroatoms. The number of nitrogens with two attached hydrogens (primary N) is 1. The standard InChI is InChI=1S/C11H16FNS/c1-3-6-14-11-5-4-9(12)7-10(11)8(2)13/h4-5,7-8H,3,6,13H2,1-2H3/t8-/m1/s1. The van der Waals surface area contributed by atoms with Gasteiger partial charge in [0.05, 0.1) is 0 Å². The maximum Gasteiger partial charge on any atom is 0.123 e. The van der Waals surface area contributed by atoms with Gasteiger partial charge in [0, 0.05) is 10.9 Å². The Kier molecular flexibility index (Phi) is 4.42. The highest BCUT2D eigenvalue weighted by Crippen LogP contribution is 2.27. The van der Waals surface area contributed by atoms with Crippen LogP contribution in [0.15, 0.2) is 23.1 Å². The molecule has 0 saturated carbocycles. The molecule has 14 heavy (non-hydrogen) atoms. The minimum absolute atomic E-state index is 0.106. The lowest BCUT2D eigenvalue weighted by Gasteiger charge is -2.11. The lowest BCUT2D eigenvalue weighted by atomic mass is 10.1. The molecule has 1 aromatic rings. The quantitative estimate of drug-likeness (QED) is 0.776. The molecule has 1 atom stereocenters. The normalized spacial score (nSPS) is 12.9. The highest BCUT2D eigenvalue weighted by atomic mass is 32.2. The van der Waals surface area contributed by atoms with Crippen molar-refractivity contribution >= 4 is 11.8 Å². The second-order valence-corrected chi connectivity index (χ2v) is 4.46. The van der Waals surface area contributed by atoms with E-state index in [0.29, 0.717) is 0 Å². The third-order valence-corrected chi connectivity index (χ3v) is 3.22. The van der Waals surface area contributed by atoms with Gasteiger partial charge in [-0.15, -0.1) is 11.8 Å². The molecule has 0 bridgehead atoms. The van der Waals surface area contributed by atoms with Gasteiger partial charge in [-0.1, -0.05) is 6.92 Å². The summed E-state index contributed by atoms with van der Waals surface area (Å²) in [7, 11) is 0. The van der Waals surface area contributed by atoms with Crippen LogP contribution in [0.25, 0.3) is 0 Å². The molecule has 0 saturated heterocycles. The zero-order chi connectivity index (χ0) is 10.6. The van der Waals surface area contributed by atoms with Crippen molar-refractivity contribution in [3.63, 3.8) is 0 Å². The molecule has 0 heterocycles. The number of hydrogen-bond acceptors (Lipinski definition) is 2. The Morgan fingerprint density at radius 2 is 2.21 bits per heavy atom. The molecule has 0 unspecified atom stereocenters. The van der Waals surface area contributed by atoms with Crippen LogP contribution in [-0.2, 0) is 0 Å². The zero-order valence-electron chi connectivity index (χ0n) is 8.59. The molecule has 0 aliphatic heterocycles. The van der Waals surface area contributed by atoms with Crippen LogP contribution in [0.5, 0.6) is 0 Å². The van der Waals surface area contributed by atoms with E-state index in [2.05, 4.69) is 6.92 Å². The lowest BCUT2D eigenvalue weighted by Crippen LogP contribution is -2.07. The number of hydrogen-bond donors (Lipinski definition) is 1. The van der Waals surface area contributed by atoms with Gasteiger partial charge in [0.15, 0.2) is 0 Å². The Balaban J connectivity index is 2.90. The van der Waals surface area contributed by atoms with E-state index in [1.54, 1.807) is 11.8 Å². The zero-order valence-corrected chi connectivity index (χ0v) is 9.40. The fraction of sp³-hybridized carbons (Fsp3) is 0.455. The van der Waals surface area contributed by atoms with E-state index in [4.69, 9.17) is 5.73 Å². The van der Waals surface area contributed by atoms with Crippen molar-refractivity contribution in [2.45, 2.75) is 31.2 Å². The van der Waals surface area contributed by atoms with Crippen molar-refractivity contribution in [2.24, 2.45) is 5.73 Å². The van der Waals surface area contributed by atoms with Gasteiger partial charge in [-0.05, 0) is 42.9 Å². The van der Waals surface area contributed by atoms with E-state index >= 15 is 0 Å². The minimum atomic E-state index is -0.210. The molecule has 0 radical (unpaired) electrons. The maximum atomic E-state index is 13.0. The summed E-state index contributed by atoms with van der Waals surface area (Å²) in [6.07, 6.45) is 1.11. The van der Waals surface area contributed by atoms with Crippen LogP contribution in [0.4, 0.5) is 4.39 Å². The Bertz CT molecular complexity index is 299. The summed E-state index contributed by atoms with van der Waals surface area (Å²) in [5.41, 5.74) is 6.68. The summed E-state index contributed by atoms with van der Waals surface area (Å²) in [6.45, 7) is 4.01. The molecule has 0 aliphatic carbocycles. The van der Waals surface area contributed by atoms with Crippen molar-refractivity contribution < 1.29 is 4.39 Å². The number of halogens is 1. The van der Waals surface area contributed by atoms with E-state index in [1.807, 2.05) is 13.0 Å². The predicted molar refractivity (Wildman–Crippen MR) is 60.0 cm³/mol. The Morgan fingerprint density at radius 1 is 1.50 bits per heavy atom. The average Bonchev–Trinajstić information content (AvgIpc) is 2.15. The number of rotatable bonds is 4. The SMILES string of the molecule is CCCSc1ccc(F)cc1[C@@H](C)N. The van der Waals surface area contributed by atoms with Crippen molar-refractivity contribution in [1.82, 2.24) is 0 Å². The first-order valence-electron chi connectivity index (χ1n) is 4.83. The first-order valence-corrected chi connectivity index (χ1v) is 5.81. The first-order chi connectivity index (χ1) is 6.65. The first kappa shape index (κ1) is 11.5. The second kappa shape index (κ2) is 5.37. The number of thioether (sulfide) groups is 1. The van der Waals surface area contributed by atoms with Crippen molar-refractivity contribution in [3.8, 4) is 0 Å². The maximum absolute atomic E-state index is 13.0. The summed E-state index contributed by atoms with van der Waals surface area (Å²) in [5, 5.41) is 0. The monoisotopic (exact) mass is 213 g/mol. The van der Waals surface area contributed by atoms with Crippen LogP contribution in [0, 0.1) is 5.82 Å². The molecular weight excluding hydrogens is 197 g/mol. The summed E-state index contributed by atoms with van der Waals surface area (Å²) < 4.78 is 13.0. The van der Waals surface area contributed by atoms with E-state index in [-0.39, 0.29) is 11.9 Å². The molecule has 0 amide bonds. The van der Waals surface area contributed by atoms with E-state index in [1.165, 1.54) is 12.1 Å². The highest BCUT2D eigenvalue weighted by molar-refractivity contribution is 7.99. The van der Waals surface area contributed by atoms with Crippen LogP contribution in [0.1, 0.15) is 31.9 Å². The van der Waals surface area contributed by atoms with Gasteiger partial charge in [0.2, 0.25) is 0 Å². The molecule has 78 valence electrons. The van der Waals surface area contributed by atoms with Gasteiger partial charge in [-0.25, -0.2) is 4.39 Å². The molecule has 0 aliphatic rings. The molecular formula is C11H16FNS. The van der Waals surface area contributed by atoms with Crippen LogP contribution in [-0.4, -0.2) is 5.75 Å². The summed E-state index contributed by atoms with van der Waals surface area (Å²) >= 11 is 1.74. The van der Waals surface area contributed by atoms with Gasteiger partial charge in [-0.3, -0.25) is 0 Å². The topological polar surface area (TPSA) is 26.0 Å². The summed E-state index contributed by atoms with van der Waals surface area (Å²) in [5.74, 6) is 0.837. The minimum Gasteiger partial charge on any atom is -0.324 e. The van der Waals surface area contributed by atoms with Crippen molar-refractivity contribution in [3.05, 3.63) is 29.6 Å². The van der Waals surface area contributed by atoms with E-state index < -0.39 is 0 Å². The van der Waals surface area contributed by atoms with Crippen LogP contribution in [0.3, 0.4) is 0 Å². The Hall–Kier alpha value is -0.540. The average molecular weight is 213 g/mol. The second-order valence-electron chi connectivity index (χ2n) is 3.32. The smallest absolute Gasteiger partial charge is 0.123 e. The fourth-order valence-electron chi connectivity index (χ4n) is 1.22. The lowest BCUT2D eigenvalue weighted by molar-refractivity contribution is 0.619. The van der Waals surface area contributed by atoms with Crippen LogP contribution >= 0.6 is 11.8 Å². The highest BCUT2D eigenvalue weighted by Gasteiger charge is 2.08. The third kappa shape index (κ3) is 3.00. The molecule has 1 rings (SSSR count). The molecule has 0 spiro atoms. The molecule has 1 nitrogen and oxygen atoms in total. The Labute approximate surface area is 88.9 Å². The van der Waals surface area contributed by atoms with Gasteiger partial charge in [-0.2, -0.15) is 0 Å². The molecule has 0 fully saturated rings. The van der Waals surface area contributed by atoms with Crippen molar-refractivity contribution in [2.75, 3.05) is 5.75 Å². The third-order valence-electron chi connectivity index (χ3n) is 1.92. The fourth-order valence-corrected chi connectivity index (χ4v) is 2.22. The van der Waals surface area contributed by atoms with Crippen LogP contribution in [0.2, 0.25) is 0 Å². The van der Waals surface area contributed by atoms with E-state index in [9.17, 15) is 4.39 Å². The van der Waals surface area contributed by atoms with Gasteiger partial charge in [0.25, 0.3) is 0 Å². The number of benzene rings is 1. The molecule has 0 aromatic heterocycles. The Morgan fingerprint density at radius 3 is 2.79 bits per heavy atom. The van der Waals surface area contributed by atoms with Gasteiger partial charge in [0.1, 0.15) is 5.82 Å². The summed E-state index contributed by atoms with van der Waals surface area (Å²) in [6, 6.07) is 4.73. The summed E-state index contributed by atoms with van der Waals surface area (Å²) in [4.78, 5) is 1.10. The predicted octanol–water partition coefficient (Wildman–Crippen LogP) is 3.35. The molecule has 2 N–H and O–H groups in total. The van der Waals surface area contributed by atoms with Crippen molar-refractivity contribution in [1.29, 1.82) is 0 Å². The van der Waals surface area contributed by atoms with Gasteiger partial charge >= 0.3 is 0 Å². The largest absolute Gasteiger partial charge is 0.324 e. The van der Waals surface area contributed by atoms with E-state index in [0.717, 1.165) is 22.6 Å². The van der Waals surface area contributed by atoms with Crippen LogP contribution < -0.4 is 5.73 Å². The van der Waals surface area contributed by atoms with Gasteiger partial charge < -0.3 is 5.73 Å². The molecule has 1 aromatic carbocycles.